The summed E-state index contributed by atoms with van der Waals surface area (Å²) in [4.78, 5) is 12.4. The van der Waals surface area contributed by atoms with E-state index in [0.29, 0.717) is 16.4 Å². The van der Waals surface area contributed by atoms with E-state index in [-0.39, 0.29) is 5.78 Å². The van der Waals surface area contributed by atoms with E-state index in [1.54, 1.807) is 22.9 Å². The highest BCUT2D eigenvalue weighted by molar-refractivity contribution is 6.30. The molecule has 1 aromatic heterocycles. The zero-order chi connectivity index (χ0) is 17.1. The molecule has 1 heterocycles. The second kappa shape index (κ2) is 6.81. The minimum Gasteiger partial charge on any atom is -0.287 e. The van der Waals surface area contributed by atoms with E-state index in [1.165, 1.54) is 11.6 Å². The molecule has 2 aromatic carbocycles. The lowest BCUT2D eigenvalue weighted by molar-refractivity contribution is 0.104. The predicted molar refractivity (Wildman–Crippen MR) is 95.6 cm³/mol. The van der Waals surface area contributed by atoms with Gasteiger partial charge in [0.25, 0.3) is 0 Å². The Balaban J connectivity index is 1.83. The van der Waals surface area contributed by atoms with Crippen molar-refractivity contribution in [3.8, 4) is 5.69 Å². The lowest BCUT2D eigenvalue weighted by atomic mass is 10.1. The van der Waals surface area contributed by atoms with Crippen molar-refractivity contribution in [1.82, 2.24) is 15.0 Å². The molecule has 0 aliphatic heterocycles. The van der Waals surface area contributed by atoms with Gasteiger partial charge in [0, 0.05) is 5.02 Å². The maximum Gasteiger partial charge on any atom is 0.208 e. The number of carbonyl (C=O) groups excluding carboxylic acids is 1. The van der Waals surface area contributed by atoms with Gasteiger partial charge in [0.1, 0.15) is 0 Å². The van der Waals surface area contributed by atoms with Crippen LogP contribution in [-0.2, 0) is 0 Å². The van der Waals surface area contributed by atoms with Crippen LogP contribution in [0, 0.1) is 13.8 Å². The molecule has 0 radical (unpaired) electrons. The van der Waals surface area contributed by atoms with Crippen molar-refractivity contribution in [3.05, 3.63) is 82.1 Å². The standard InChI is InChI=1S/C19H16ClN3O/c1-13-3-10-17(11-4-13)23-14(2)19(21-22-23)18(24)12-7-15-5-8-16(20)9-6-15/h3-12H,1-2H3/b12-7+. The quantitative estimate of drug-likeness (QED) is 0.522. The minimum atomic E-state index is -0.180. The van der Waals surface area contributed by atoms with Gasteiger partial charge in [-0.1, -0.05) is 52.7 Å². The molecule has 0 unspecified atom stereocenters. The second-order valence-electron chi connectivity index (χ2n) is 5.52. The fraction of sp³-hybridized carbons (Fsp3) is 0.105. The van der Waals surface area contributed by atoms with Gasteiger partial charge >= 0.3 is 0 Å². The van der Waals surface area contributed by atoms with Gasteiger partial charge in [-0.25, -0.2) is 4.68 Å². The summed E-state index contributed by atoms with van der Waals surface area (Å²) in [6.45, 7) is 3.86. The van der Waals surface area contributed by atoms with Gasteiger partial charge in [-0.2, -0.15) is 0 Å². The van der Waals surface area contributed by atoms with Gasteiger partial charge in [-0.05, 0) is 49.8 Å². The lowest BCUT2D eigenvalue weighted by Crippen LogP contribution is -2.01. The number of benzene rings is 2. The Morgan fingerprint density at radius 2 is 1.71 bits per heavy atom. The number of ketones is 1. The first kappa shape index (κ1) is 16.1. The summed E-state index contributed by atoms with van der Waals surface area (Å²) in [5, 5.41) is 8.79. The van der Waals surface area contributed by atoms with Crippen molar-refractivity contribution < 1.29 is 4.79 Å². The van der Waals surface area contributed by atoms with Crippen LogP contribution in [0.25, 0.3) is 11.8 Å². The zero-order valence-corrected chi connectivity index (χ0v) is 14.2. The monoisotopic (exact) mass is 337 g/mol. The van der Waals surface area contributed by atoms with Crippen molar-refractivity contribution >= 4 is 23.5 Å². The van der Waals surface area contributed by atoms with E-state index in [1.807, 2.05) is 50.2 Å². The van der Waals surface area contributed by atoms with Crippen LogP contribution in [0.5, 0.6) is 0 Å². The number of aromatic nitrogens is 3. The normalized spacial score (nSPS) is 11.1. The van der Waals surface area contributed by atoms with E-state index in [9.17, 15) is 4.79 Å². The molecule has 0 fully saturated rings. The largest absolute Gasteiger partial charge is 0.287 e. The molecule has 0 aliphatic rings. The fourth-order valence-electron chi connectivity index (χ4n) is 2.31. The molecule has 4 nitrogen and oxygen atoms in total. The Morgan fingerprint density at radius 3 is 2.38 bits per heavy atom. The Labute approximate surface area is 145 Å². The molecule has 0 amide bonds. The van der Waals surface area contributed by atoms with Crippen LogP contribution < -0.4 is 0 Å². The molecule has 0 saturated carbocycles. The van der Waals surface area contributed by atoms with Crippen LogP contribution in [-0.4, -0.2) is 20.8 Å². The first-order valence-electron chi connectivity index (χ1n) is 7.52. The molecule has 0 N–H and O–H groups in total. The number of nitrogens with zero attached hydrogens (tertiary/aromatic N) is 3. The minimum absolute atomic E-state index is 0.180. The first-order valence-corrected chi connectivity index (χ1v) is 7.90. The summed E-state index contributed by atoms with van der Waals surface area (Å²) in [7, 11) is 0. The maximum absolute atomic E-state index is 12.4. The van der Waals surface area contributed by atoms with E-state index in [0.717, 1.165) is 11.3 Å². The van der Waals surface area contributed by atoms with Crippen molar-refractivity contribution in [2.24, 2.45) is 0 Å². The van der Waals surface area contributed by atoms with E-state index in [2.05, 4.69) is 10.3 Å². The van der Waals surface area contributed by atoms with Gasteiger partial charge in [0.2, 0.25) is 5.78 Å². The third kappa shape index (κ3) is 3.44. The Hall–Kier alpha value is -2.72. The highest BCUT2D eigenvalue weighted by Crippen LogP contribution is 2.15. The summed E-state index contributed by atoms with van der Waals surface area (Å²) in [5.41, 5.74) is 4.01. The molecule has 0 aliphatic carbocycles. The Bertz CT molecular complexity index is 893. The van der Waals surface area contributed by atoms with Crippen LogP contribution in [0.4, 0.5) is 0 Å². The second-order valence-corrected chi connectivity index (χ2v) is 5.96. The third-order valence-electron chi connectivity index (χ3n) is 3.70. The summed E-state index contributed by atoms with van der Waals surface area (Å²) in [6.07, 6.45) is 3.24. The van der Waals surface area contributed by atoms with Crippen molar-refractivity contribution in [2.75, 3.05) is 0 Å². The Kier molecular flexibility index (Phi) is 4.58. The van der Waals surface area contributed by atoms with Gasteiger partial charge < -0.3 is 0 Å². The third-order valence-corrected chi connectivity index (χ3v) is 3.96. The van der Waals surface area contributed by atoms with Crippen molar-refractivity contribution in [1.29, 1.82) is 0 Å². The summed E-state index contributed by atoms with van der Waals surface area (Å²) in [6, 6.07) is 15.2. The summed E-state index contributed by atoms with van der Waals surface area (Å²) < 4.78 is 1.67. The molecular formula is C19H16ClN3O. The molecule has 0 saturated heterocycles. The average Bonchev–Trinajstić information content (AvgIpc) is 2.96. The van der Waals surface area contributed by atoms with E-state index in [4.69, 9.17) is 11.6 Å². The number of hydrogen-bond acceptors (Lipinski definition) is 3. The smallest absolute Gasteiger partial charge is 0.208 e. The zero-order valence-electron chi connectivity index (χ0n) is 13.4. The molecule has 3 rings (SSSR count). The highest BCUT2D eigenvalue weighted by Gasteiger charge is 2.15. The molecule has 0 atom stereocenters. The summed E-state index contributed by atoms with van der Waals surface area (Å²) in [5.74, 6) is -0.180. The van der Waals surface area contributed by atoms with Gasteiger partial charge in [0.05, 0.1) is 11.4 Å². The molecule has 5 heteroatoms. The van der Waals surface area contributed by atoms with Gasteiger partial charge in [-0.3, -0.25) is 4.79 Å². The van der Waals surface area contributed by atoms with E-state index >= 15 is 0 Å². The highest BCUT2D eigenvalue weighted by atomic mass is 35.5. The Morgan fingerprint density at radius 1 is 1.04 bits per heavy atom. The van der Waals surface area contributed by atoms with Gasteiger partial charge in [0.15, 0.2) is 5.69 Å². The molecule has 0 bridgehead atoms. The molecule has 120 valence electrons. The maximum atomic E-state index is 12.4. The number of allylic oxidation sites excluding steroid dienone is 1. The van der Waals surface area contributed by atoms with Gasteiger partial charge in [-0.15, -0.1) is 5.10 Å². The predicted octanol–water partition coefficient (Wildman–Crippen LogP) is 4.43. The number of carbonyl (C=O) groups is 1. The summed E-state index contributed by atoms with van der Waals surface area (Å²) >= 11 is 5.85. The van der Waals surface area contributed by atoms with E-state index < -0.39 is 0 Å². The van der Waals surface area contributed by atoms with Crippen LogP contribution in [0.15, 0.2) is 54.6 Å². The number of hydrogen-bond donors (Lipinski definition) is 0. The lowest BCUT2D eigenvalue weighted by Gasteiger charge is -2.03. The number of aryl methyl sites for hydroxylation is 1. The number of rotatable bonds is 4. The molecule has 24 heavy (non-hydrogen) atoms. The molecule has 3 aromatic rings. The van der Waals surface area contributed by atoms with Crippen molar-refractivity contribution in [3.63, 3.8) is 0 Å². The van der Waals surface area contributed by atoms with Crippen molar-refractivity contribution in [2.45, 2.75) is 13.8 Å². The first-order chi connectivity index (χ1) is 11.5. The average molecular weight is 338 g/mol. The van der Waals surface area contributed by atoms with Crippen LogP contribution in [0.2, 0.25) is 5.02 Å². The molecule has 0 spiro atoms. The molecular weight excluding hydrogens is 322 g/mol. The fourth-order valence-corrected chi connectivity index (χ4v) is 2.44. The van der Waals surface area contributed by atoms with Crippen LogP contribution in [0.3, 0.4) is 0 Å². The SMILES string of the molecule is Cc1ccc(-n2nnc(C(=O)/C=C/c3ccc(Cl)cc3)c2C)cc1. The number of halogens is 1. The van der Waals surface area contributed by atoms with Crippen LogP contribution >= 0.6 is 11.6 Å². The topological polar surface area (TPSA) is 47.8 Å². The van der Waals surface area contributed by atoms with Crippen LogP contribution in [0.1, 0.15) is 27.3 Å².